The molecule has 2 aliphatic rings. The van der Waals surface area contributed by atoms with Gasteiger partial charge in [-0.2, -0.15) is 0 Å². The predicted molar refractivity (Wildman–Crippen MR) is 77.4 cm³/mol. The minimum absolute atomic E-state index is 0.0514. The van der Waals surface area contributed by atoms with Crippen LogP contribution < -0.4 is 5.32 Å². The third-order valence-corrected chi connectivity index (χ3v) is 5.12. The van der Waals surface area contributed by atoms with Crippen molar-refractivity contribution in [3.63, 3.8) is 0 Å². The third-order valence-electron chi connectivity index (χ3n) is 5.12. The minimum atomic E-state index is -0.774. The zero-order chi connectivity index (χ0) is 14.6. The average Bonchev–Trinajstić information content (AvgIpc) is 2.99. The monoisotopic (exact) mass is 281 g/mol. The molecule has 0 heterocycles. The van der Waals surface area contributed by atoms with Crippen LogP contribution >= 0.6 is 0 Å². The number of carbonyl (C=O) groups is 2. The van der Waals surface area contributed by atoms with Gasteiger partial charge in [0.05, 0.1) is 6.42 Å². The molecule has 0 atom stereocenters. The van der Waals surface area contributed by atoms with Crippen LogP contribution in [0.4, 0.5) is 0 Å². The average molecular weight is 281 g/mol. The van der Waals surface area contributed by atoms with Crippen LogP contribution in [0.5, 0.6) is 0 Å². The molecule has 0 radical (unpaired) electrons. The molecule has 20 heavy (non-hydrogen) atoms. The second-order valence-electron chi connectivity index (χ2n) is 6.98. The van der Waals surface area contributed by atoms with Gasteiger partial charge in [-0.05, 0) is 42.9 Å². The second-order valence-corrected chi connectivity index (χ2v) is 6.98. The lowest BCUT2D eigenvalue weighted by Gasteiger charge is -2.27. The highest BCUT2D eigenvalue weighted by Crippen LogP contribution is 2.49. The van der Waals surface area contributed by atoms with Gasteiger partial charge >= 0.3 is 5.97 Å². The maximum Gasteiger partial charge on any atom is 0.303 e. The summed E-state index contributed by atoms with van der Waals surface area (Å²) in [5.74, 6) is -0.722. The summed E-state index contributed by atoms with van der Waals surface area (Å²) in [6, 6.07) is 0. The number of carboxylic acid groups (broad SMARTS) is 1. The van der Waals surface area contributed by atoms with E-state index >= 15 is 0 Å². The van der Waals surface area contributed by atoms with Gasteiger partial charge in [-0.15, -0.1) is 0 Å². The summed E-state index contributed by atoms with van der Waals surface area (Å²) < 4.78 is 0. The van der Waals surface area contributed by atoms with E-state index in [9.17, 15) is 9.59 Å². The zero-order valence-corrected chi connectivity index (χ0v) is 12.5. The summed E-state index contributed by atoms with van der Waals surface area (Å²) in [6.45, 7) is 2.96. The normalized spacial score (nSPS) is 22.4. The van der Waals surface area contributed by atoms with E-state index in [1.807, 2.05) is 0 Å². The van der Waals surface area contributed by atoms with Gasteiger partial charge < -0.3 is 10.4 Å². The topological polar surface area (TPSA) is 66.4 Å². The number of nitrogens with one attached hydrogen (secondary N) is 1. The summed E-state index contributed by atoms with van der Waals surface area (Å²) in [4.78, 5) is 23.2. The molecule has 0 saturated heterocycles. The van der Waals surface area contributed by atoms with Crippen LogP contribution in [0.2, 0.25) is 0 Å². The number of carbonyl (C=O) groups excluding carboxylic acids is 1. The fourth-order valence-corrected chi connectivity index (χ4v) is 3.77. The number of hydrogen-bond donors (Lipinski definition) is 2. The Labute approximate surface area is 121 Å². The molecule has 4 heteroatoms. The zero-order valence-electron chi connectivity index (χ0n) is 12.5. The molecular formula is C16H27NO3. The first-order chi connectivity index (χ1) is 9.49. The number of carboxylic acids is 1. The summed E-state index contributed by atoms with van der Waals surface area (Å²) in [5.41, 5.74) is 0.0808. The lowest BCUT2D eigenvalue weighted by molar-refractivity contribution is -0.140. The van der Waals surface area contributed by atoms with Gasteiger partial charge in [0.15, 0.2) is 0 Å². The van der Waals surface area contributed by atoms with Crippen molar-refractivity contribution in [3.05, 3.63) is 0 Å². The molecule has 2 saturated carbocycles. The van der Waals surface area contributed by atoms with Crippen molar-refractivity contribution >= 4 is 11.9 Å². The van der Waals surface area contributed by atoms with Gasteiger partial charge in [0.1, 0.15) is 0 Å². The standard InChI is InChI=1S/C16H27NO3/c1-2-5-15(8-9-15)12-17-13(18)10-16(11-14(19)20)6-3-4-7-16/h2-12H2,1H3,(H,17,18)(H,19,20). The fraction of sp³-hybridized carbons (Fsp3) is 0.875. The van der Waals surface area contributed by atoms with Crippen molar-refractivity contribution in [1.82, 2.24) is 5.32 Å². The predicted octanol–water partition coefficient (Wildman–Crippen LogP) is 3.11. The number of hydrogen-bond acceptors (Lipinski definition) is 2. The highest BCUT2D eigenvalue weighted by atomic mass is 16.4. The van der Waals surface area contributed by atoms with Gasteiger partial charge in [0, 0.05) is 13.0 Å². The van der Waals surface area contributed by atoms with Gasteiger partial charge in [-0.25, -0.2) is 0 Å². The molecule has 2 aliphatic carbocycles. The maximum absolute atomic E-state index is 12.2. The van der Waals surface area contributed by atoms with Gasteiger partial charge in [0.2, 0.25) is 5.91 Å². The van der Waals surface area contributed by atoms with E-state index in [0.717, 1.165) is 32.2 Å². The summed E-state index contributed by atoms with van der Waals surface area (Å²) >= 11 is 0. The lowest BCUT2D eigenvalue weighted by atomic mass is 9.79. The Morgan fingerprint density at radius 1 is 1.05 bits per heavy atom. The number of amides is 1. The highest BCUT2D eigenvalue weighted by Gasteiger charge is 2.42. The van der Waals surface area contributed by atoms with Crippen molar-refractivity contribution in [2.45, 2.75) is 71.1 Å². The summed E-state index contributed by atoms with van der Waals surface area (Å²) in [6.07, 6.45) is 9.21. The molecule has 4 nitrogen and oxygen atoms in total. The molecule has 1 amide bonds. The van der Waals surface area contributed by atoms with Crippen molar-refractivity contribution in [3.8, 4) is 0 Å². The first-order valence-electron chi connectivity index (χ1n) is 7.98. The maximum atomic E-state index is 12.2. The second kappa shape index (κ2) is 6.15. The molecule has 0 spiro atoms. The van der Waals surface area contributed by atoms with Crippen LogP contribution in [0, 0.1) is 10.8 Å². The summed E-state index contributed by atoms with van der Waals surface area (Å²) in [5, 5.41) is 12.1. The number of rotatable bonds is 8. The molecule has 114 valence electrons. The SMILES string of the molecule is CCCC1(CNC(=O)CC2(CC(=O)O)CCCC2)CC1. The van der Waals surface area contributed by atoms with E-state index in [0.29, 0.717) is 11.8 Å². The Balaban J connectivity index is 1.81. The van der Waals surface area contributed by atoms with E-state index in [-0.39, 0.29) is 17.7 Å². The lowest BCUT2D eigenvalue weighted by Crippen LogP contribution is -2.35. The Kier molecular flexibility index (Phi) is 4.71. The molecule has 0 aromatic heterocycles. The summed E-state index contributed by atoms with van der Waals surface area (Å²) in [7, 11) is 0. The van der Waals surface area contributed by atoms with E-state index in [4.69, 9.17) is 5.11 Å². The van der Waals surface area contributed by atoms with Crippen LogP contribution in [0.1, 0.15) is 71.1 Å². The fourth-order valence-electron chi connectivity index (χ4n) is 3.77. The van der Waals surface area contributed by atoms with E-state index in [1.54, 1.807) is 0 Å². The first kappa shape index (κ1) is 15.3. The molecule has 0 aliphatic heterocycles. The van der Waals surface area contributed by atoms with Gasteiger partial charge in [-0.1, -0.05) is 26.2 Å². The Morgan fingerprint density at radius 2 is 1.70 bits per heavy atom. The Bertz CT molecular complexity index is 368. The largest absolute Gasteiger partial charge is 0.481 e. The smallest absolute Gasteiger partial charge is 0.303 e. The highest BCUT2D eigenvalue weighted by molar-refractivity contribution is 5.78. The molecular weight excluding hydrogens is 254 g/mol. The van der Waals surface area contributed by atoms with E-state index in [1.165, 1.54) is 25.7 Å². The third kappa shape index (κ3) is 3.97. The Hall–Kier alpha value is -1.06. The van der Waals surface area contributed by atoms with Crippen LogP contribution in [-0.2, 0) is 9.59 Å². The quantitative estimate of drug-likeness (QED) is 0.718. The molecule has 0 aromatic rings. The van der Waals surface area contributed by atoms with Crippen LogP contribution in [0.15, 0.2) is 0 Å². The molecule has 0 aromatic carbocycles. The Morgan fingerprint density at radius 3 is 2.20 bits per heavy atom. The van der Waals surface area contributed by atoms with Crippen LogP contribution in [0.25, 0.3) is 0 Å². The van der Waals surface area contributed by atoms with Crippen LogP contribution in [-0.4, -0.2) is 23.5 Å². The molecule has 2 fully saturated rings. The number of aliphatic carboxylic acids is 1. The van der Waals surface area contributed by atoms with Gasteiger partial charge in [-0.3, -0.25) is 9.59 Å². The molecule has 0 bridgehead atoms. The van der Waals surface area contributed by atoms with Crippen molar-refractivity contribution < 1.29 is 14.7 Å². The van der Waals surface area contributed by atoms with Gasteiger partial charge in [0.25, 0.3) is 0 Å². The minimum Gasteiger partial charge on any atom is -0.481 e. The van der Waals surface area contributed by atoms with Crippen molar-refractivity contribution in [1.29, 1.82) is 0 Å². The van der Waals surface area contributed by atoms with E-state index < -0.39 is 5.97 Å². The van der Waals surface area contributed by atoms with Crippen molar-refractivity contribution in [2.75, 3.05) is 6.54 Å². The first-order valence-corrected chi connectivity index (χ1v) is 7.98. The van der Waals surface area contributed by atoms with Crippen molar-refractivity contribution in [2.24, 2.45) is 10.8 Å². The van der Waals surface area contributed by atoms with E-state index in [2.05, 4.69) is 12.2 Å². The van der Waals surface area contributed by atoms with Crippen LogP contribution in [0.3, 0.4) is 0 Å². The molecule has 2 N–H and O–H groups in total. The molecule has 0 unspecified atom stereocenters. The molecule has 2 rings (SSSR count).